The third kappa shape index (κ3) is 4.23. The molecule has 2 aromatic heterocycles. The van der Waals surface area contributed by atoms with E-state index in [0.29, 0.717) is 16.9 Å². The van der Waals surface area contributed by atoms with E-state index in [2.05, 4.69) is 26.2 Å². The molecule has 2 N–H and O–H groups in total. The molecule has 0 bridgehead atoms. The van der Waals surface area contributed by atoms with Crippen molar-refractivity contribution >= 4 is 44.8 Å². The lowest BCUT2D eigenvalue weighted by Gasteiger charge is -2.15. The Hall–Kier alpha value is -2.80. The van der Waals surface area contributed by atoms with Gasteiger partial charge in [-0.25, -0.2) is 4.79 Å². The summed E-state index contributed by atoms with van der Waals surface area (Å²) in [7, 11) is 1.30. The van der Waals surface area contributed by atoms with Crippen LogP contribution in [0.3, 0.4) is 0 Å². The van der Waals surface area contributed by atoms with Gasteiger partial charge in [-0.3, -0.25) is 4.79 Å². The van der Waals surface area contributed by atoms with Gasteiger partial charge in [0.2, 0.25) is 5.91 Å². The van der Waals surface area contributed by atoms with Crippen LogP contribution in [0.1, 0.15) is 11.3 Å². The number of nitrogens with one attached hydrogen (secondary N) is 2. The standard InChI is InChI=1S/C19H17BrN2O4/c1-25-19(24)16(10-12-11-21-15-5-3-2-4-14(12)15)22-18(23)9-7-13-6-8-17(20)26-13/h2-9,11,16,21H,10H2,1H3,(H,22,23)/b9-7+/t16-/m0/s1. The fraction of sp³-hybridized carbons (Fsp3) is 0.158. The Bertz CT molecular complexity index is 957. The molecular formula is C19H17BrN2O4. The highest BCUT2D eigenvalue weighted by atomic mass is 79.9. The summed E-state index contributed by atoms with van der Waals surface area (Å²) in [4.78, 5) is 27.4. The maximum absolute atomic E-state index is 12.2. The molecule has 0 unspecified atom stereocenters. The van der Waals surface area contributed by atoms with Crippen LogP contribution in [-0.4, -0.2) is 30.0 Å². The Morgan fingerprint density at radius 3 is 2.85 bits per heavy atom. The molecule has 3 rings (SSSR count). The summed E-state index contributed by atoms with van der Waals surface area (Å²) in [5, 5.41) is 3.69. The SMILES string of the molecule is COC(=O)[C@H](Cc1c[nH]c2ccccc12)NC(=O)/C=C/c1ccc(Br)o1. The number of benzene rings is 1. The van der Waals surface area contributed by atoms with E-state index >= 15 is 0 Å². The van der Waals surface area contributed by atoms with Crippen molar-refractivity contribution in [2.45, 2.75) is 12.5 Å². The Labute approximate surface area is 158 Å². The van der Waals surface area contributed by atoms with Crippen LogP contribution in [0.2, 0.25) is 0 Å². The van der Waals surface area contributed by atoms with Gasteiger partial charge in [0, 0.05) is 29.6 Å². The van der Waals surface area contributed by atoms with E-state index in [0.717, 1.165) is 16.5 Å². The molecule has 2 heterocycles. The van der Waals surface area contributed by atoms with Crippen molar-refractivity contribution < 1.29 is 18.7 Å². The van der Waals surface area contributed by atoms with Crippen LogP contribution in [0.15, 0.2) is 57.8 Å². The number of para-hydroxylation sites is 1. The van der Waals surface area contributed by atoms with Crippen LogP contribution < -0.4 is 5.32 Å². The second-order valence-corrected chi connectivity index (χ2v) is 6.40. The number of halogens is 1. The van der Waals surface area contributed by atoms with Crippen molar-refractivity contribution in [1.82, 2.24) is 10.3 Å². The summed E-state index contributed by atoms with van der Waals surface area (Å²) in [6.45, 7) is 0. The van der Waals surface area contributed by atoms with Crippen LogP contribution in [-0.2, 0) is 20.7 Å². The lowest BCUT2D eigenvalue weighted by molar-refractivity contribution is -0.144. The molecule has 0 saturated heterocycles. The van der Waals surface area contributed by atoms with Gasteiger partial charge in [0.15, 0.2) is 4.67 Å². The summed E-state index contributed by atoms with van der Waals surface area (Å²) in [5.41, 5.74) is 1.90. The quantitative estimate of drug-likeness (QED) is 0.476. The first-order chi connectivity index (χ1) is 12.6. The number of ether oxygens (including phenoxy) is 1. The Morgan fingerprint density at radius 2 is 2.12 bits per heavy atom. The number of carbonyl (C=O) groups is 2. The highest BCUT2D eigenvalue weighted by Gasteiger charge is 2.22. The van der Waals surface area contributed by atoms with Gasteiger partial charge in [0.25, 0.3) is 0 Å². The molecule has 134 valence electrons. The third-order valence-electron chi connectivity index (χ3n) is 3.89. The second-order valence-electron chi connectivity index (χ2n) is 5.62. The van der Waals surface area contributed by atoms with E-state index in [-0.39, 0.29) is 0 Å². The topological polar surface area (TPSA) is 84.3 Å². The van der Waals surface area contributed by atoms with E-state index in [9.17, 15) is 9.59 Å². The van der Waals surface area contributed by atoms with Crippen molar-refractivity contribution in [3.63, 3.8) is 0 Å². The molecule has 3 aromatic rings. The number of aromatic amines is 1. The van der Waals surface area contributed by atoms with Crippen LogP contribution >= 0.6 is 15.9 Å². The van der Waals surface area contributed by atoms with Crippen molar-refractivity contribution in [3.05, 3.63) is 64.7 Å². The molecule has 7 heteroatoms. The number of carbonyl (C=O) groups excluding carboxylic acids is 2. The largest absolute Gasteiger partial charge is 0.467 e. The average Bonchev–Trinajstić information content (AvgIpc) is 3.25. The molecule has 0 aliphatic carbocycles. The van der Waals surface area contributed by atoms with Crippen molar-refractivity contribution in [1.29, 1.82) is 0 Å². The summed E-state index contributed by atoms with van der Waals surface area (Å²) in [5.74, 6) is -0.385. The molecule has 26 heavy (non-hydrogen) atoms. The lowest BCUT2D eigenvalue weighted by atomic mass is 10.0. The maximum atomic E-state index is 12.2. The first-order valence-electron chi connectivity index (χ1n) is 7.93. The van der Waals surface area contributed by atoms with Crippen molar-refractivity contribution in [3.8, 4) is 0 Å². The number of methoxy groups -OCH3 is 1. The summed E-state index contributed by atoms with van der Waals surface area (Å²) in [6.07, 6.45) is 5.00. The predicted molar refractivity (Wildman–Crippen MR) is 101 cm³/mol. The Morgan fingerprint density at radius 1 is 1.31 bits per heavy atom. The maximum Gasteiger partial charge on any atom is 0.328 e. The zero-order valence-corrected chi connectivity index (χ0v) is 15.6. The lowest BCUT2D eigenvalue weighted by Crippen LogP contribution is -2.42. The number of H-pyrrole nitrogens is 1. The molecule has 0 fully saturated rings. The first-order valence-corrected chi connectivity index (χ1v) is 8.73. The molecule has 0 saturated carbocycles. The zero-order valence-electron chi connectivity index (χ0n) is 14.0. The summed E-state index contributed by atoms with van der Waals surface area (Å²) < 4.78 is 10.7. The van der Waals surface area contributed by atoms with E-state index in [1.54, 1.807) is 12.1 Å². The number of hydrogen-bond acceptors (Lipinski definition) is 4. The van der Waals surface area contributed by atoms with E-state index in [1.807, 2.05) is 30.5 Å². The Kier molecular flexibility index (Phi) is 5.58. The number of amides is 1. The van der Waals surface area contributed by atoms with Crippen LogP contribution in [0.5, 0.6) is 0 Å². The summed E-state index contributed by atoms with van der Waals surface area (Å²) in [6, 6.07) is 10.4. The van der Waals surface area contributed by atoms with Gasteiger partial charge < -0.3 is 19.5 Å². The smallest absolute Gasteiger partial charge is 0.328 e. The van der Waals surface area contributed by atoms with E-state index in [4.69, 9.17) is 9.15 Å². The molecule has 1 aromatic carbocycles. The van der Waals surface area contributed by atoms with Gasteiger partial charge in [-0.1, -0.05) is 18.2 Å². The Balaban J connectivity index is 1.72. The molecule has 0 radical (unpaired) electrons. The highest BCUT2D eigenvalue weighted by Crippen LogP contribution is 2.19. The average molecular weight is 417 g/mol. The highest BCUT2D eigenvalue weighted by molar-refractivity contribution is 9.10. The molecular weight excluding hydrogens is 400 g/mol. The number of fused-ring (bicyclic) bond motifs is 1. The molecule has 6 nitrogen and oxygen atoms in total. The molecule has 0 spiro atoms. The van der Waals surface area contributed by atoms with Crippen LogP contribution in [0, 0.1) is 0 Å². The number of furan rings is 1. The normalized spacial score (nSPS) is 12.4. The number of aromatic nitrogens is 1. The first kappa shape index (κ1) is 18.0. The molecule has 0 aliphatic rings. The van der Waals surface area contributed by atoms with Crippen LogP contribution in [0.25, 0.3) is 17.0 Å². The van der Waals surface area contributed by atoms with Crippen molar-refractivity contribution in [2.24, 2.45) is 0 Å². The fourth-order valence-electron chi connectivity index (χ4n) is 2.65. The molecule has 0 aliphatic heterocycles. The second kappa shape index (κ2) is 8.05. The van der Waals surface area contributed by atoms with Crippen LogP contribution in [0.4, 0.5) is 0 Å². The van der Waals surface area contributed by atoms with Crippen molar-refractivity contribution in [2.75, 3.05) is 7.11 Å². The fourth-order valence-corrected chi connectivity index (χ4v) is 2.97. The van der Waals surface area contributed by atoms with Gasteiger partial charge in [-0.05, 0) is 45.8 Å². The predicted octanol–water partition coefficient (Wildman–Crippen LogP) is 3.44. The minimum absolute atomic E-state index is 0.322. The zero-order chi connectivity index (χ0) is 18.5. The third-order valence-corrected chi connectivity index (χ3v) is 4.32. The van der Waals surface area contributed by atoms with E-state index < -0.39 is 17.9 Å². The minimum Gasteiger partial charge on any atom is -0.467 e. The van der Waals surface area contributed by atoms with Gasteiger partial charge in [0.1, 0.15) is 11.8 Å². The number of esters is 1. The minimum atomic E-state index is -0.792. The monoisotopic (exact) mass is 416 g/mol. The van der Waals surface area contributed by atoms with E-state index in [1.165, 1.54) is 19.3 Å². The van der Waals surface area contributed by atoms with Gasteiger partial charge in [0.05, 0.1) is 7.11 Å². The molecule has 1 atom stereocenters. The number of hydrogen-bond donors (Lipinski definition) is 2. The summed E-state index contributed by atoms with van der Waals surface area (Å²) >= 11 is 3.20. The molecule has 1 amide bonds. The van der Waals surface area contributed by atoms with Gasteiger partial charge in [-0.2, -0.15) is 0 Å². The number of rotatable bonds is 6. The van der Waals surface area contributed by atoms with Gasteiger partial charge >= 0.3 is 5.97 Å². The van der Waals surface area contributed by atoms with Gasteiger partial charge in [-0.15, -0.1) is 0 Å².